The molecule has 2 rings (SSSR count). The summed E-state index contributed by atoms with van der Waals surface area (Å²) in [6.45, 7) is 4.38. The molecule has 2 unspecified atom stereocenters. The first-order chi connectivity index (χ1) is 7.29. The van der Waals surface area contributed by atoms with E-state index in [0.29, 0.717) is 17.7 Å². The summed E-state index contributed by atoms with van der Waals surface area (Å²) < 4.78 is 4.99. The number of hydrogen-bond acceptors (Lipinski definition) is 4. The summed E-state index contributed by atoms with van der Waals surface area (Å²) in [6, 6.07) is 3.89. The van der Waals surface area contributed by atoms with Crippen molar-refractivity contribution < 1.29 is 4.74 Å². The van der Waals surface area contributed by atoms with Crippen molar-refractivity contribution in [3.8, 4) is 5.88 Å². The Morgan fingerprint density at radius 2 is 2.20 bits per heavy atom. The Morgan fingerprint density at radius 1 is 1.33 bits per heavy atom. The van der Waals surface area contributed by atoms with Gasteiger partial charge in [-0.25, -0.2) is 0 Å². The highest BCUT2D eigenvalue weighted by atomic mass is 16.5. The zero-order valence-electron chi connectivity index (χ0n) is 9.23. The number of piperidine rings is 1. The highest BCUT2D eigenvalue weighted by Crippen LogP contribution is 2.24. The molecule has 1 N–H and O–H groups in total. The molecule has 1 aliphatic rings. The zero-order chi connectivity index (χ0) is 10.7. The quantitative estimate of drug-likeness (QED) is 0.791. The highest BCUT2D eigenvalue weighted by molar-refractivity contribution is 5.15. The van der Waals surface area contributed by atoms with E-state index in [4.69, 9.17) is 4.74 Å². The minimum Gasteiger partial charge on any atom is -0.480 e. The maximum Gasteiger partial charge on any atom is 0.233 e. The fourth-order valence-electron chi connectivity index (χ4n) is 2.04. The second-order valence-corrected chi connectivity index (χ2v) is 4.20. The lowest BCUT2D eigenvalue weighted by molar-refractivity contribution is 0.354. The summed E-state index contributed by atoms with van der Waals surface area (Å²) in [4.78, 5) is 0. The van der Waals surface area contributed by atoms with Crippen LogP contribution in [0.4, 0.5) is 0 Å². The van der Waals surface area contributed by atoms with E-state index in [2.05, 4.69) is 22.4 Å². The molecule has 0 bridgehead atoms. The van der Waals surface area contributed by atoms with Crippen molar-refractivity contribution >= 4 is 0 Å². The van der Waals surface area contributed by atoms with Gasteiger partial charge < -0.3 is 10.1 Å². The van der Waals surface area contributed by atoms with Gasteiger partial charge >= 0.3 is 0 Å². The summed E-state index contributed by atoms with van der Waals surface area (Å²) in [7, 11) is 1.61. The van der Waals surface area contributed by atoms with Crippen molar-refractivity contribution in [2.24, 2.45) is 5.92 Å². The third-order valence-corrected chi connectivity index (χ3v) is 2.86. The van der Waals surface area contributed by atoms with Crippen LogP contribution in [0.25, 0.3) is 0 Å². The lowest BCUT2D eigenvalue weighted by Gasteiger charge is -2.26. The second kappa shape index (κ2) is 4.57. The molecular weight excluding hydrogens is 190 g/mol. The van der Waals surface area contributed by atoms with Crippen LogP contribution in [-0.4, -0.2) is 30.4 Å². The van der Waals surface area contributed by atoms with Crippen molar-refractivity contribution in [2.75, 3.05) is 20.2 Å². The summed E-state index contributed by atoms with van der Waals surface area (Å²) >= 11 is 0. The van der Waals surface area contributed by atoms with Crippen LogP contribution in [0.15, 0.2) is 12.1 Å². The van der Waals surface area contributed by atoms with Gasteiger partial charge in [0, 0.05) is 18.5 Å². The number of rotatable bonds is 2. The van der Waals surface area contributed by atoms with Crippen LogP contribution in [0.5, 0.6) is 5.88 Å². The molecule has 4 heteroatoms. The van der Waals surface area contributed by atoms with Gasteiger partial charge in [0.05, 0.1) is 12.8 Å². The van der Waals surface area contributed by atoms with Gasteiger partial charge in [-0.3, -0.25) is 0 Å². The summed E-state index contributed by atoms with van der Waals surface area (Å²) in [5, 5.41) is 11.6. The van der Waals surface area contributed by atoms with E-state index < -0.39 is 0 Å². The molecule has 82 valence electrons. The van der Waals surface area contributed by atoms with Gasteiger partial charge in [-0.15, -0.1) is 5.10 Å². The standard InChI is InChI=1S/C11H17N3O/c1-8-5-9(7-12-6-8)10-3-4-11(15-2)14-13-10/h3-4,8-9,12H,5-7H2,1-2H3. The summed E-state index contributed by atoms with van der Waals surface area (Å²) in [6.07, 6.45) is 1.19. The predicted molar refractivity (Wildman–Crippen MR) is 58.0 cm³/mol. The molecular formula is C11H17N3O. The number of nitrogens with zero attached hydrogens (tertiary/aromatic N) is 2. The van der Waals surface area contributed by atoms with E-state index >= 15 is 0 Å². The van der Waals surface area contributed by atoms with Gasteiger partial charge in [-0.1, -0.05) is 6.92 Å². The third kappa shape index (κ3) is 2.45. The minimum absolute atomic E-state index is 0.493. The molecule has 4 nitrogen and oxygen atoms in total. The SMILES string of the molecule is COc1ccc(C2CNCC(C)C2)nn1. The Morgan fingerprint density at radius 3 is 2.80 bits per heavy atom. The molecule has 0 saturated carbocycles. The molecule has 15 heavy (non-hydrogen) atoms. The van der Waals surface area contributed by atoms with Gasteiger partial charge in [0.2, 0.25) is 5.88 Å². The van der Waals surface area contributed by atoms with Crippen LogP contribution in [-0.2, 0) is 0 Å². The fraction of sp³-hybridized carbons (Fsp3) is 0.636. The zero-order valence-corrected chi connectivity index (χ0v) is 9.23. The first kappa shape index (κ1) is 10.4. The molecule has 1 aromatic heterocycles. The van der Waals surface area contributed by atoms with Gasteiger partial charge in [0.15, 0.2) is 0 Å². The van der Waals surface area contributed by atoms with Crippen molar-refractivity contribution in [3.63, 3.8) is 0 Å². The van der Waals surface area contributed by atoms with E-state index in [1.807, 2.05) is 12.1 Å². The van der Waals surface area contributed by atoms with Crippen LogP contribution in [0.1, 0.15) is 25.0 Å². The largest absolute Gasteiger partial charge is 0.480 e. The number of hydrogen-bond donors (Lipinski definition) is 1. The smallest absolute Gasteiger partial charge is 0.233 e. The Labute approximate surface area is 90.1 Å². The fourth-order valence-corrected chi connectivity index (χ4v) is 2.04. The van der Waals surface area contributed by atoms with E-state index in [-0.39, 0.29) is 0 Å². The predicted octanol–water partition coefficient (Wildman–Crippen LogP) is 1.20. The summed E-state index contributed by atoms with van der Waals surface area (Å²) in [5.74, 6) is 1.79. The number of methoxy groups -OCH3 is 1. The van der Waals surface area contributed by atoms with Crippen molar-refractivity contribution in [1.29, 1.82) is 0 Å². The van der Waals surface area contributed by atoms with Gasteiger partial charge in [-0.05, 0) is 24.9 Å². The molecule has 0 spiro atoms. The van der Waals surface area contributed by atoms with Crippen LogP contribution >= 0.6 is 0 Å². The average molecular weight is 207 g/mol. The lowest BCUT2D eigenvalue weighted by atomic mass is 9.89. The lowest BCUT2D eigenvalue weighted by Crippen LogP contribution is -2.34. The molecule has 2 heterocycles. The van der Waals surface area contributed by atoms with Crippen LogP contribution < -0.4 is 10.1 Å². The van der Waals surface area contributed by atoms with E-state index in [0.717, 1.165) is 18.8 Å². The Hall–Kier alpha value is -1.16. The van der Waals surface area contributed by atoms with Crippen molar-refractivity contribution in [1.82, 2.24) is 15.5 Å². The summed E-state index contributed by atoms with van der Waals surface area (Å²) in [5.41, 5.74) is 1.06. The molecule has 0 aromatic carbocycles. The van der Waals surface area contributed by atoms with Crippen LogP contribution in [0.2, 0.25) is 0 Å². The van der Waals surface area contributed by atoms with E-state index in [1.165, 1.54) is 6.42 Å². The topological polar surface area (TPSA) is 47.0 Å². The maximum absolute atomic E-state index is 4.99. The minimum atomic E-state index is 0.493. The molecule has 2 atom stereocenters. The molecule has 0 radical (unpaired) electrons. The van der Waals surface area contributed by atoms with Gasteiger partial charge in [-0.2, -0.15) is 5.10 Å². The Kier molecular flexibility index (Phi) is 3.16. The van der Waals surface area contributed by atoms with E-state index in [1.54, 1.807) is 7.11 Å². The first-order valence-corrected chi connectivity index (χ1v) is 5.38. The number of ether oxygens (including phenoxy) is 1. The molecule has 1 aromatic rings. The normalized spacial score (nSPS) is 26.3. The second-order valence-electron chi connectivity index (χ2n) is 4.20. The Balaban J connectivity index is 2.07. The number of aromatic nitrogens is 2. The Bertz CT molecular complexity index is 312. The molecule has 1 fully saturated rings. The third-order valence-electron chi connectivity index (χ3n) is 2.86. The monoisotopic (exact) mass is 207 g/mol. The molecule has 0 amide bonds. The molecule has 0 aliphatic carbocycles. The number of nitrogens with one attached hydrogen (secondary N) is 1. The molecule has 1 aliphatic heterocycles. The van der Waals surface area contributed by atoms with Crippen LogP contribution in [0.3, 0.4) is 0 Å². The van der Waals surface area contributed by atoms with Gasteiger partial charge in [0.1, 0.15) is 0 Å². The van der Waals surface area contributed by atoms with Crippen molar-refractivity contribution in [3.05, 3.63) is 17.8 Å². The van der Waals surface area contributed by atoms with Crippen LogP contribution in [0, 0.1) is 5.92 Å². The van der Waals surface area contributed by atoms with Gasteiger partial charge in [0.25, 0.3) is 0 Å². The highest BCUT2D eigenvalue weighted by Gasteiger charge is 2.21. The maximum atomic E-state index is 4.99. The average Bonchev–Trinajstić information content (AvgIpc) is 2.29. The van der Waals surface area contributed by atoms with Crippen molar-refractivity contribution in [2.45, 2.75) is 19.3 Å². The molecule has 1 saturated heterocycles. The first-order valence-electron chi connectivity index (χ1n) is 5.38. The van der Waals surface area contributed by atoms with E-state index in [9.17, 15) is 0 Å².